The molecule has 26 heavy (non-hydrogen) atoms. The summed E-state index contributed by atoms with van der Waals surface area (Å²) in [6, 6.07) is 7.61. The standard InChI is InChI=1S/C19H32N4O2.HI/c1-4-11-21-18(24)17-10-7-9-16(14-17)15-23-19(20-5-2)22-12-8-13-25-6-3;/h7,9-10,14H,4-6,8,11-13,15H2,1-3H3,(H,21,24)(H2,20,22,23);1H. The van der Waals surface area contributed by atoms with Gasteiger partial charge in [0.1, 0.15) is 0 Å². The topological polar surface area (TPSA) is 74.8 Å². The molecule has 0 aliphatic carbocycles. The molecule has 1 amide bonds. The summed E-state index contributed by atoms with van der Waals surface area (Å²) in [5.74, 6) is 0.744. The van der Waals surface area contributed by atoms with E-state index in [2.05, 4.69) is 20.9 Å². The van der Waals surface area contributed by atoms with Crippen molar-refractivity contribution in [2.45, 2.75) is 40.2 Å². The van der Waals surface area contributed by atoms with Gasteiger partial charge in [-0.3, -0.25) is 4.79 Å². The van der Waals surface area contributed by atoms with Crippen LogP contribution in [0.5, 0.6) is 0 Å². The van der Waals surface area contributed by atoms with E-state index in [0.717, 1.165) is 50.7 Å². The van der Waals surface area contributed by atoms with E-state index in [9.17, 15) is 4.79 Å². The van der Waals surface area contributed by atoms with Crippen LogP contribution in [0.4, 0.5) is 0 Å². The molecule has 7 heteroatoms. The third-order valence-corrected chi connectivity index (χ3v) is 3.45. The zero-order valence-corrected chi connectivity index (χ0v) is 18.5. The second-order valence-electron chi connectivity index (χ2n) is 5.63. The average Bonchev–Trinajstić information content (AvgIpc) is 2.64. The number of hydrogen-bond acceptors (Lipinski definition) is 3. The molecule has 0 saturated carbocycles. The highest BCUT2D eigenvalue weighted by Gasteiger charge is 2.05. The highest BCUT2D eigenvalue weighted by Crippen LogP contribution is 2.07. The Balaban J connectivity index is 0.00000625. The molecule has 0 heterocycles. The van der Waals surface area contributed by atoms with Gasteiger partial charge >= 0.3 is 0 Å². The number of benzene rings is 1. The van der Waals surface area contributed by atoms with Crippen molar-refractivity contribution in [2.75, 3.05) is 32.8 Å². The molecular weight excluding hydrogens is 443 g/mol. The van der Waals surface area contributed by atoms with Gasteiger partial charge in [0.25, 0.3) is 5.91 Å². The van der Waals surface area contributed by atoms with E-state index in [1.807, 2.05) is 45.0 Å². The molecule has 6 nitrogen and oxygen atoms in total. The number of amides is 1. The molecule has 0 bridgehead atoms. The Morgan fingerprint density at radius 2 is 1.92 bits per heavy atom. The average molecular weight is 476 g/mol. The fourth-order valence-corrected chi connectivity index (χ4v) is 2.19. The van der Waals surface area contributed by atoms with Crippen molar-refractivity contribution in [3.63, 3.8) is 0 Å². The molecule has 0 aliphatic heterocycles. The lowest BCUT2D eigenvalue weighted by Gasteiger charge is -2.11. The molecule has 1 aromatic carbocycles. The van der Waals surface area contributed by atoms with Crippen molar-refractivity contribution in [1.29, 1.82) is 0 Å². The van der Waals surface area contributed by atoms with Crippen molar-refractivity contribution < 1.29 is 9.53 Å². The third-order valence-electron chi connectivity index (χ3n) is 3.45. The number of aliphatic imine (C=N–C) groups is 1. The van der Waals surface area contributed by atoms with Crippen LogP contribution in [-0.4, -0.2) is 44.7 Å². The first-order valence-electron chi connectivity index (χ1n) is 9.18. The minimum absolute atomic E-state index is 0. The van der Waals surface area contributed by atoms with Crippen molar-refractivity contribution in [3.8, 4) is 0 Å². The molecular formula is C19H33IN4O2. The summed E-state index contributed by atoms with van der Waals surface area (Å²) in [6.45, 7) is 10.4. The van der Waals surface area contributed by atoms with Gasteiger partial charge in [-0.1, -0.05) is 19.1 Å². The van der Waals surface area contributed by atoms with Gasteiger partial charge in [-0.05, 0) is 44.4 Å². The number of carbonyl (C=O) groups is 1. The first kappa shape index (κ1) is 24.7. The summed E-state index contributed by atoms with van der Waals surface area (Å²) < 4.78 is 5.33. The number of nitrogens with one attached hydrogen (secondary N) is 3. The lowest BCUT2D eigenvalue weighted by molar-refractivity contribution is 0.0953. The van der Waals surface area contributed by atoms with Crippen molar-refractivity contribution in [3.05, 3.63) is 35.4 Å². The quantitative estimate of drug-likeness (QED) is 0.199. The van der Waals surface area contributed by atoms with E-state index in [1.54, 1.807) is 0 Å². The lowest BCUT2D eigenvalue weighted by Crippen LogP contribution is -2.38. The fraction of sp³-hybridized carbons (Fsp3) is 0.579. The monoisotopic (exact) mass is 476 g/mol. The molecule has 148 valence electrons. The van der Waals surface area contributed by atoms with Gasteiger partial charge in [0.15, 0.2) is 5.96 Å². The SMILES string of the molecule is CCCNC(=O)c1cccc(CN=C(NCC)NCCCOCC)c1.I. The second kappa shape index (κ2) is 15.9. The second-order valence-corrected chi connectivity index (χ2v) is 5.63. The summed E-state index contributed by atoms with van der Waals surface area (Å²) in [6.07, 6.45) is 1.86. The Morgan fingerprint density at radius 1 is 1.12 bits per heavy atom. The summed E-state index contributed by atoms with van der Waals surface area (Å²) in [4.78, 5) is 16.6. The molecule has 0 spiro atoms. The normalized spacial score (nSPS) is 10.8. The number of guanidine groups is 1. The zero-order chi connectivity index (χ0) is 18.3. The number of hydrogen-bond donors (Lipinski definition) is 3. The smallest absolute Gasteiger partial charge is 0.251 e. The van der Waals surface area contributed by atoms with Crippen LogP contribution in [-0.2, 0) is 11.3 Å². The van der Waals surface area contributed by atoms with Gasteiger partial charge in [0.2, 0.25) is 0 Å². The highest BCUT2D eigenvalue weighted by atomic mass is 127. The number of rotatable bonds is 11. The first-order valence-corrected chi connectivity index (χ1v) is 9.18. The van der Waals surface area contributed by atoms with Crippen molar-refractivity contribution >= 4 is 35.8 Å². The molecule has 0 unspecified atom stereocenters. The maximum absolute atomic E-state index is 12.0. The van der Waals surface area contributed by atoms with E-state index in [1.165, 1.54) is 0 Å². The molecule has 0 atom stereocenters. The van der Waals surface area contributed by atoms with Crippen LogP contribution >= 0.6 is 24.0 Å². The number of halogens is 1. The first-order chi connectivity index (χ1) is 12.2. The summed E-state index contributed by atoms with van der Waals surface area (Å²) in [7, 11) is 0. The van der Waals surface area contributed by atoms with Crippen molar-refractivity contribution in [2.24, 2.45) is 4.99 Å². The zero-order valence-electron chi connectivity index (χ0n) is 16.1. The van der Waals surface area contributed by atoms with Crippen LogP contribution in [0.1, 0.15) is 49.5 Å². The maximum Gasteiger partial charge on any atom is 0.251 e. The highest BCUT2D eigenvalue weighted by molar-refractivity contribution is 14.0. The number of nitrogens with zero attached hydrogens (tertiary/aromatic N) is 1. The van der Waals surface area contributed by atoms with Crippen LogP contribution < -0.4 is 16.0 Å². The van der Waals surface area contributed by atoms with Crippen LogP contribution in [0.25, 0.3) is 0 Å². The van der Waals surface area contributed by atoms with Crippen LogP contribution in [0, 0.1) is 0 Å². The Kier molecular flexibility index (Phi) is 15.0. The molecule has 0 aliphatic rings. The molecule has 0 fully saturated rings. The predicted octanol–water partition coefficient (Wildman–Crippen LogP) is 2.93. The third kappa shape index (κ3) is 10.6. The van der Waals surface area contributed by atoms with Gasteiger partial charge in [-0.2, -0.15) is 0 Å². The predicted molar refractivity (Wildman–Crippen MR) is 118 cm³/mol. The van der Waals surface area contributed by atoms with Crippen molar-refractivity contribution in [1.82, 2.24) is 16.0 Å². The summed E-state index contributed by atoms with van der Waals surface area (Å²) in [5.41, 5.74) is 1.69. The minimum atomic E-state index is -0.0337. The molecule has 0 saturated heterocycles. The Labute approximate surface area is 174 Å². The van der Waals surface area contributed by atoms with E-state index >= 15 is 0 Å². The van der Waals surface area contributed by atoms with Crippen LogP contribution in [0.15, 0.2) is 29.3 Å². The van der Waals surface area contributed by atoms with E-state index in [4.69, 9.17) is 4.74 Å². The summed E-state index contributed by atoms with van der Waals surface area (Å²) >= 11 is 0. The Morgan fingerprint density at radius 3 is 2.62 bits per heavy atom. The number of carbonyl (C=O) groups excluding carboxylic acids is 1. The van der Waals surface area contributed by atoms with Gasteiger partial charge in [-0.25, -0.2) is 4.99 Å². The molecule has 0 aromatic heterocycles. The molecule has 1 aromatic rings. The summed E-state index contributed by atoms with van der Waals surface area (Å²) in [5, 5.41) is 9.42. The van der Waals surface area contributed by atoms with Gasteiger partial charge in [0.05, 0.1) is 6.54 Å². The van der Waals surface area contributed by atoms with Crippen LogP contribution in [0.2, 0.25) is 0 Å². The molecule has 1 rings (SSSR count). The van der Waals surface area contributed by atoms with E-state index < -0.39 is 0 Å². The van der Waals surface area contributed by atoms with E-state index in [-0.39, 0.29) is 29.9 Å². The fourth-order valence-electron chi connectivity index (χ4n) is 2.19. The van der Waals surface area contributed by atoms with Gasteiger partial charge in [0, 0.05) is 38.4 Å². The van der Waals surface area contributed by atoms with Gasteiger partial charge in [-0.15, -0.1) is 24.0 Å². The maximum atomic E-state index is 12.0. The minimum Gasteiger partial charge on any atom is -0.382 e. The van der Waals surface area contributed by atoms with E-state index in [0.29, 0.717) is 18.7 Å². The number of ether oxygens (including phenoxy) is 1. The van der Waals surface area contributed by atoms with Gasteiger partial charge < -0.3 is 20.7 Å². The molecule has 3 N–H and O–H groups in total. The Bertz CT molecular complexity index is 538. The largest absolute Gasteiger partial charge is 0.382 e. The Hall–Kier alpha value is -1.35. The lowest BCUT2D eigenvalue weighted by atomic mass is 10.1. The molecule has 0 radical (unpaired) electrons. The van der Waals surface area contributed by atoms with Crippen LogP contribution in [0.3, 0.4) is 0 Å².